The zero-order valence-electron chi connectivity index (χ0n) is 20.3. The molecule has 6 aromatic rings. The van der Waals surface area contributed by atoms with Crippen molar-refractivity contribution in [1.82, 2.24) is 4.98 Å². The Hall–Kier alpha value is -4.00. The van der Waals surface area contributed by atoms with Crippen LogP contribution in [-0.2, 0) is 4.57 Å². The van der Waals surface area contributed by atoms with Crippen LogP contribution in [-0.4, -0.2) is 18.3 Å². The molecule has 3 heteroatoms. The number of rotatable bonds is 4. The molecule has 6 rings (SSSR count). The molecule has 36 heavy (non-hydrogen) atoms. The molecule has 0 unspecified atom stereocenters. The van der Waals surface area contributed by atoms with Crippen molar-refractivity contribution in [2.45, 2.75) is 0 Å². The number of pyridine rings is 1. The summed E-state index contributed by atoms with van der Waals surface area (Å²) in [6, 6.07) is 42.2. The molecule has 0 spiro atoms. The van der Waals surface area contributed by atoms with Gasteiger partial charge in [0.1, 0.15) is 7.14 Å². The minimum Gasteiger partial charge on any atom is -0.319 e. The van der Waals surface area contributed by atoms with Gasteiger partial charge in [0.25, 0.3) is 0 Å². The topological polar surface area (TPSA) is 30.0 Å². The highest BCUT2D eigenvalue weighted by Gasteiger charge is 2.14. The van der Waals surface area contributed by atoms with Crippen LogP contribution in [0.4, 0.5) is 0 Å². The van der Waals surface area contributed by atoms with E-state index in [2.05, 4.69) is 103 Å². The van der Waals surface area contributed by atoms with Gasteiger partial charge in [-0.05, 0) is 64.6 Å². The van der Waals surface area contributed by atoms with E-state index in [1.165, 1.54) is 21.9 Å². The second kappa shape index (κ2) is 8.90. The average Bonchev–Trinajstić information content (AvgIpc) is 2.92. The molecule has 174 valence electrons. The lowest BCUT2D eigenvalue weighted by Gasteiger charge is -2.14. The monoisotopic (exact) mass is 483 g/mol. The van der Waals surface area contributed by atoms with Gasteiger partial charge in [0.2, 0.25) is 0 Å². The van der Waals surface area contributed by atoms with E-state index in [4.69, 9.17) is 4.98 Å². The van der Waals surface area contributed by atoms with E-state index < -0.39 is 7.14 Å². The van der Waals surface area contributed by atoms with E-state index in [-0.39, 0.29) is 0 Å². The molecule has 0 bridgehead atoms. The van der Waals surface area contributed by atoms with Crippen molar-refractivity contribution in [1.29, 1.82) is 0 Å². The van der Waals surface area contributed by atoms with Crippen LogP contribution in [0.3, 0.4) is 0 Å². The maximum absolute atomic E-state index is 12.5. The van der Waals surface area contributed by atoms with Crippen LogP contribution in [0.1, 0.15) is 0 Å². The molecule has 2 nitrogen and oxygen atoms in total. The number of benzene rings is 5. The van der Waals surface area contributed by atoms with Crippen molar-refractivity contribution in [3.63, 3.8) is 0 Å². The van der Waals surface area contributed by atoms with Crippen molar-refractivity contribution in [2.24, 2.45) is 0 Å². The van der Waals surface area contributed by atoms with Crippen molar-refractivity contribution in [2.75, 3.05) is 13.3 Å². The summed E-state index contributed by atoms with van der Waals surface area (Å²) in [7, 11) is -2.28. The van der Waals surface area contributed by atoms with Gasteiger partial charge in [-0.2, -0.15) is 0 Å². The van der Waals surface area contributed by atoms with Crippen molar-refractivity contribution in [3.8, 4) is 33.5 Å². The molecule has 0 saturated heterocycles. The molecule has 5 aromatic carbocycles. The predicted molar refractivity (Wildman–Crippen MR) is 155 cm³/mol. The maximum atomic E-state index is 12.5. The summed E-state index contributed by atoms with van der Waals surface area (Å²) in [5.41, 5.74) is 7.65. The third kappa shape index (κ3) is 4.15. The summed E-state index contributed by atoms with van der Waals surface area (Å²) < 4.78 is 12.5. The van der Waals surface area contributed by atoms with Gasteiger partial charge in [-0.25, -0.2) is 4.98 Å². The van der Waals surface area contributed by atoms with Gasteiger partial charge in [-0.1, -0.05) is 103 Å². The minimum atomic E-state index is -2.28. The Morgan fingerprint density at radius 3 is 1.86 bits per heavy atom. The van der Waals surface area contributed by atoms with Crippen LogP contribution in [0.2, 0.25) is 0 Å². The van der Waals surface area contributed by atoms with E-state index in [1.54, 1.807) is 0 Å². The summed E-state index contributed by atoms with van der Waals surface area (Å²) in [4.78, 5) is 5.09. The van der Waals surface area contributed by atoms with Gasteiger partial charge >= 0.3 is 0 Å². The maximum Gasteiger partial charge on any atom is 0.109 e. The quantitative estimate of drug-likeness (QED) is 0.186. The molecule has 1 heterocycles. The number of hydrogen-bond acceptors (Lipinski definition) is 2. The number of hydrogen-bond donors (Lipinski definition) is 0. The number of fused-ring (bicyclic) bond motifs is 3. The normalized spacial score (nSPS) is 11.7. The van der Waals surface area contributed by atoms with Crippen LogP contribution in [0.25, 0.3) is 55.2 Å². The van der Waals surface area contributed by atoms with Gasteiger partial charge in [0, 0.05) is 16.3 Å². The summed E-state index contributed by atoms with van der Waals surface area (Å²) in [6.45, 7) is 3.62. The summed E-state index contributed by atoms with van der Waals surface area (Å²) in [5.74, 6) is 0. The third-order valence-corrected chi connectivity index (χ3v) is 8.31. The van der Waals surface area contributed by atoms with Crippen LogP contribution in [0, 0.1) is 0 Å². The van der Waals surface area contributed by atoms with Gasteiger partial charge in [-0.15, -0.1) is 0 Å². The van der Waals surface area contributed by atoms with Crippen molar-refractivity contribution < 1.29 is 4.57 Å². The smallest absolute Gasteiger partial charge is 0.109 e. The van der Waals surface area contributed by atoms with Crippen LogP contribution in [0.15, 0.2) is 121 Å². The highest BCUT2D eigenvalue weighted by atomic mass is 31.2. The fraction of sp³-hybridized carbons (Fsp3) is 0.0606. The number of nitrogens with zero attached hydrogens (tertiary/aromatic N) is 1. The molecule has 0 saturated carbocycles. The fourth-order valence-corrected chi connectivity index (χ4v) is 5.72. The summed E-state index contributed by atoms with van der Waals surface area (Å²) >= 11 is 0. The molecule has 0 radical (unpaired) electrons. The van der Waals surface area contributed by atoms with Gasteiger partial charge in [0.05, 0.1) is 11.2 Å². The lowest BCUT2D eigenvalue weighted by atomic mass is 9.93. The molecule has 0 aliphatic rings. The molecular formula is C33H26NOP. The van der Waals surface area contributed by atoms with E-state index >= 15 is 0 Å². The lowest BCUT2D eigenvalue weighted by Crippen LogP contribution is -2.01. The Morgan fingerprint density at radius 1 is 0.583 bits per heavy atom. The Bertz CT molecular complexity index is 1750. The highest BCUT2D eigenvalue weighted by Crippen LogP contribution is 2.39. The van der Waals surface area contributed by atoms with E-state index in [0.717, 1.165) is 38.6 Å². The average molecular weight is 484 g/mol. The second-order valence-electron chi connectivity index (χ2n) is 9.58. The minimum absolute atomic E-state index is 0.904. The summed E-state index contributed by atoms with van der Waals surface area (Å²) in [5, 5.41) is 4.42. The van der Waals surface area contributed by atoms with Crippen LogP contribution >= 0.6 is 7.14 Å². The van der Waals surface area contributed by atoms with Crippen LogP contribution in [0.5, 0.6) is 0 Å². The van der Waals surface area contributed by atoms with Gasteiger partial charge in [-0.3, -0.25) is 0 Å². The van der Waals surface area contributed by atoms with E-state index in [1.807, 2.05) is 31.5 Å². The zero-order valence-corrected chi connectivity index (χ0v) is 21.2. The lowest BCUT2D eigenvalue weighted by molar-refractivity contribution is 0.588. The van der Waals surface area contributed by atoms with E-state index in [9.17, 15) is 4.57 Å². The molecule has 0 fully saturated rings. The van der Waals surface area contributed by atoms with Gasteiger partial charge in [0.15, 0.2) is 0 Å². The zero-order chi connectivity index (χ0) is 24.7. The fourth-order valence-electron chi connectivity index (χ4n) is 4.85. The highest BCUT2D eigenvalue weighted by molar-refractivity contribution is 7.70. The first-order valence-electron chi connectivity index (χ1n) is 12.1. The molecule has 0 N–H and O–H groups in total. The van der Waals surface area contributed by atoms with Crippen molar-refractivity contribution >= 4 is 34.1 Å². The molecule has 0 atom stereocenters. The molecule has 0 amide bonds. The van der Waals surface area contributed by atoms with Crippen molar-refractivity contribution in [3.05, 3.63) is 121 Å². The molecule has 0 aliphatic carbocycles. The Balaban J connectivity index is 1.61. The summed E-state index contributed by atoms with van der Waals surface area (Å²) in [6.07, 6.45) is 0. The first kappa shape index (κ1) is 22.5. The first-order valence-corrected chi connectivity index (χ1v) is 14.7. The molecule has 1 aromatic heterocycles. The van der Waals surface area contributed by atoms with Crippen LogP contribution < -0.4 is 5.30 Å². The standard InChI is InChI=1S/C33H26NOP/c1-36(2,35)28-18-15-23(16-19-28)27-14-13-25-17-20-31-33(29(25)21-27)30(24-9-5-3-6-10-24)22-32(34-31)26-11-7-4-8-12-26/h3-22H,1-2H3. The molecule has 0 aliphatic heterocycles. The molecular weight excluding hydrogens is 457 g/mol. The first-order chi connectivity index (χ1) is 17.5. The Kier molecular flexibility index (Phi) is 5.55. The predicted octanol–water partition coefficient (Wildman–Crippen LogP) is 8.64. The van der Waals surface area contributed by atoms with Gasteiger partial charge < -0.3 is 4.57 Å². The third-order valence-electron chi connectivity index (χ3n) is 6.77. The Morgan fingerprint density at radius 2 is 1.19 bits per heavy atom. The SMILES string of the molecule is CP(C)(=O)c1ccc(-c2ccc3ccc4nc(-c5ccccc5)cc(-c5ccccc5)c4c3c2)cc1. The Labute approximate surface area is 211 Å². The second-order valence-corrected chi connectivity index (χ2v) is 12.8. The van der Waals surface area contributed by atoms with E-state index in [0.29, 0.717) is 0 Å². The number of aromatic nitrogens is 1. The largest absolute Gasteiger partial charge is 0.319 e.